The molecule has 1 aromatic carbocycles. The first kappa shape index (κ1) is 14.1. The van der Waals surface area contributed by atoms with E-state index in [1.54, 1.807) is 6.07 Å². The largest absolute Gasteiger partial charge is 0.398 e. The number of anilines is 2. The van der Waals surface area contributed by atoms with Crippen LogP contribution in [-0.4, -0.2) is 13.4 Å². The molecule has 1 heterocycles. The molecule has 2 aromatic rings. The van der Waals surface area contributed by atoms with E-state index in [4.69, 9.17) is 17.3 Å². The van der Waals surface area contributed by atoms with Crippen molar-refractivity contribution in [3.8, 4) is 0 Å². The highest BCUT2D eigenvalue weighted by Gasteiger charge is 2.19. The summed E-state index contributed by atoms with van der Waals surface area (Å²) in [7, 11) is -3.82. The average molecular weight is 363 g/mol. The molecule has 0 fully saturated rings. The van der Waals surface area contributed by atoms with Crippen LogP contribution in [0.2, 0.25) is 5.02 Å². The fourth-order valence-corrected chi connectivity index (χ4v) is 3.34. The molecule has 0 aliphatic heterocycles. The summed E-state index contributed by atoms with van der Waals surface area (Å²) in [5.41, 5.74) is 6.03. The molecule has 5 nitrogen and oxygen atoms in total. The van der Waals surface area contributed by atoms with Crippen molar-refractivity contribution in [1.29, 1.82) is 0 Å². The van der Waals surface area contributed by atoms with E-state index in [-0.39, 0.29) is 21.3 Å². The van der Waals surface area contributed by atoms with Crippen molar-refractivity contribution in [3.05, 3.63) is 46.2 Å². The molecule has 0 atom stereocenters. The summed E-state index contributed by atoms with van der Waals surface area (Å²) in [4.78, 5) is 3.79. The molecule has 2 rings (SSSR count). The Morgan fingerprint density at radius 3 is 2.74 bits per heavy atom. The third-order valence-electron chi connectivity index (χ3n) is 2.28. The SMILES string of the molecule is Nc1ccc(Br)cc1S(=O)(=O)Nc1cnccc1Cl. The molecule has 0 bridgehead atoms. The van der Waals surface area contributed by atoms with Gasteiger partial charge in [0.25, 0.3) is 10.0 Å². The molecule has 0 radical (unpaired) electrons. The van der Waals surface area contributed by atoms with Crippen LogP contribution >= 0.6 is 27.5 Å². The predicted octanol–water partition coefficient (Wildman–Crippen LogP) is 2.88. The summed E-state index contributed by atoms with van der Waals surface area (Å²) in [6.45, 7) is 0. The first-order valence-corrected chi connectivity index (χ1v) is 7.73. The number of nitrogen functional groups attached to an aromatic ring is 1. The lowest BCUT2D eigenvalue weighted by Gasteiger charge is -2.11. The maximum Gasteiger partial charge on any atom is 0.264 e. The fourth-order valence-electron chi connectivity index (χ4n) is 1.39. The first-order valence-electron chi connectivity index (χ1n) is 5.07. The Kier molecular flexibility index (Phi) is 3.98. The molecular formula is C11H9BrClN3O2S. The molecule has 0 spiro atoms. The summed E-state index contributed by atoms with van der Waals surface area (Å²) in [6, 6.07) is 6.07. The van der Waals surface area contributed by atoms with E-state index in [0.29, 0.717) is 4.47 Å². The van der Waals surface area contributed by atoms with Crippen molar-refractivity contribution in [2.24, 2.45) is 0 Å². The number of nitrogens with two attached hydrogens (primary N) is 1. The van der Waals surface area contributed by atoms with Gasteiger partial charge in [0.15, 0.2) is 0 Å². The lowest BCUT2D eigenvalue weighted by Crippen LogP contribution is -2.15. The third-order valence-corrected chi connectivity index (χ3v) is 4.52. The number of hydrogen-bond acceptors (Lipinski definition) is 4. The Hall–Kier alpha value is -1.31. The molecular weight excluding hydrogens is 354 g/mol. The van der Waals surface area contributed by atoms with Crippen molar-refractivity contribution in [2.75, 3.05) is 10.5 Å². The standard InChI is InChI=1S/C11H9BrClN3O2S/c12-7-1-2-9(14)11(5-7)19(17,18)16-10-6-15-4-3-8(10)13/h1-6,16H,14H2. The lowest BCUT2D eigenvalue weighted by atomic mass is 10.3. The number of sulfonamides is 1. The molecule has 3 N–H and O–H groups in total. The highest BCUT2D eigenvalue weighted by molar-refractivity contribution is 9.10. The van der Waals surface area contributed by atoms with E-state index < -0.39 is 10.0 Å². The van der Waals surface area contributed by atoms with E-state index in [0.717, 1.165) is 0 Å². The molecule has 100 valence electrons. The molecule has 8 heteroatoms. The molecule has 0 aliphatic carbocycles. The van der Waals surface area contributed by atoms with E-state index in [1.807, 2.05) is 0 Å². The number of pyridine rings is 1. The molecule has 0 amide bonds. The van der Waals surface area contributed by atoms with Crippen LogP contribution in [0.15, 0.2) is 46.0 Å². The topological polar surface area (TPSA) is 85.1 Å². The predicted molar refractivity (Wildman–Crippen MR) is 78.6 cm³/mol. The minimum atomic E-state index is -3.82. The van der Waals surface area contributed by atoms with Crippen LogP contribution in [0.4, 0.5) is 11.4 Å². The highest BCUT2D eigenvalue weighted by atomic mass is 79.9. The maximum absolute atomic E-state index is 12.2. The molecule has 0 saturated carbocycles. The van der Waals surface area contributed by atoms with Crippen LogP contribution in [0.3, 0.4) is 0 Å². The van der Waals surface area contributed by atoms with Gasteiger partial charge < -0.3 is 5.73 Å². The van der Waals surface area contributed by atoms with Gasteiger partial charge in [-0.1, -0.05) is 27.5 Å². The summed E-state index contributed by atoms with van der Waals surface area (Å²) in [5.74, 6) is 0. The van der Waals surface area contributed by atoms with Crippen LogP contribution in [0.25, 0.3) is 0 Å². The van der Waals surface area contributed by atoms with Gasteiger partial charge in [-0.25, -0.2) is 8.42 Å². The quantitative estimate of drug-likeness (QED) is 0.822. The maximum atomic E-state index is 12.2. The zero-order valence-corrected chi connectivity index (χ0v) is 12.6. The molecule has 0 aliphatic rings. The smallest absolute Gasteiger partial charge is 0.264 e. The van der Waals surface area contributed by atoms with Gasteiger partial charge in [0.1, 0.15) is 4.90 Å². The third kappa shape index (κ3) is 3.17. The second kappa shape index (κ2) is 5.36. The van der Waals surface area contributed by atoms with Gasteiger partial charge in [-0.3, -0.25) is 9.71 Å². The fraction of sp³-hybridized carbons (Fsp3) is 0. The van der Waals surface area contributed by atoms with Gasteiger partial charge >= 0.3 is 0 Å². The summed E-state index contributed by atoms with van der Waals surface area (Å²) >= 11 is 9.08. The summed E-state index contributed by atoms with van der Waals surface area (Å²) in [5, 5.41) is 0.257. The summed E-state index contributed by atoms with van der Waals surface area (Å²) in [6.07, 6.45) is 2.79. The number of benzene rings is 1. The van der Waals surface area contributed by atoms with E-state index >= 15 is 0 Å². The van der Waals surface area contributed by atoms with Gasteiger partial charge in [0.2, 0.25) is 0 Å². The Morgan fingerprint density at radius 2 is 2.05 bits per heavy atom. The van der Waals surface area contributed by atoms with Gasteiger partial charge in [0, 0.05) is 10.7 Å². The van der Waals surface area contributed by atoms with Crippen molar-refractivity contribution >= 4 is 48.9 Å². The average Bonchev–Trinajstić information content (AvgIpc) is 2.35. The normalized spacial score (nSPS) is 11.3. The van der Waals surface area contributed by atoms with E-state index in [2.05, 4.69) is 25.6 Å². The van der Waals surface area contributed by atoms with Crippen molar-refractivity contribution in [1.82, 2.24) is 4.98 Å². The molecule has 19 heavy (non-hydrogen) atoms. The minimum Gasteiger partial charge on any atom is -0.398 e. The number of hydrogen-bond donors (Lipinski definition) is 2. The second-order valence-corrected chi connectivity index (χ2v) is 6.62. The lowest BCUT2D eigenvalue weighted by molar-refractivity contribution is 0.601. The summed E-state index contributed by atoms with van der Waals surface area (Å²) < 4.78 is 27.4. The number of halogens is 2. The van der Waals surface area contributed by atoms with Gasteiger partial charge in [-0.15, -0.1) is 0 Å². The first-order chi connectivity index (χ1) is 8.90. The molecule has 0 unspecified atom stereocenters. The van der Waals surface area contributed by atoms with Crippen molar-refractivity contribution in [2.45, 2.75) is 4.90 Å². The Morgan fingerprint density at radius 1 is 1.32 bits per heavy atom. The van der Waals surface area contributed by atoms with Crippen molar-refractivity contribution in [3.63, 3.8) is 0 Å². The van der Waals surface area contributed by atoms with Gasteiger partial charge in [0.05, 0.1) is 22.6 Å². The Bertz CT molecular complexity index is 722. The van der Waals surface area contributed by atoms with Crippen LogP contribution in [0, 0.1) is 0 Å². The zero-order valence-electron chi connectivity index (χ0n) is 9.47. The zero-order chi connectivity index (χ0) is 14.0. The molecule has 0 saturated heterocycles. The number of aromatic nitrogens is 1. The Labute approximate surface area is 124 Å². The van der Waals surface area contributed by atoms with E-state index in [9.17, 15) is 8.42 Å². The van der Waals surface area contributed by atoms with Gasteiger partial charge in [-0.2, -0.15) is 0 Å². The van der Waals surface area contributed by atoms with Crippen LogP contribution in [0.5, 0.6) is 0 Å². The number of rotatable bonds is 3. The monoisotopic (exact) mass is 361 g/mol. The second-order valence-electron chi connectivity index (χ2n) is 3.64. The molecule has 1 aromatic heterocycles. The Balaban J connectivity index is 2.44. The van der Waals surface area contributed by atoms with Crippen LogP contribution in [-0.2, 0) is 10.0 Å². The van der Waals surface area contributed by atoms with Crippen LogP contribution in [0.1, 0.15) is 0 Å². The minimum absolute atomic E-state index is 0.0261. The highest BCUT2D eigenvalue weighted by Crippen LogP contribution is 2.27. The number of nitrogens with one attached hydrogen (secondary N) is 1. The van der Waals surface area contributed by atoms with Crippen molar-refractivity contribution < 1.29 is 8.42 Å². The number of nitrogens with zero attached hydrogens (tertiary/aromatic N) is 1. The van der Waals surface area contributed by atoms with E-state index in [1.165, 1.54) is 30.6 Å². The van der Waals surface area contributed by atoms with Crippen LogP contribution < -0.4 is 10.5 Å². The van der Waals surface area contributed by atoms with Gasteiger partial charge in [-0.05, 0) is 24.3 Å².